The maximum absolute atomic E-state index is 12.7. The molecule has 27 heavy (non-hydrogen) atoms. The van der Waals surface area contributed by atoms with Crippen molar-refractivity contribution in [2.24, 2.45) is 10.9 Å². The number of carbonyl (C=O) groups excluding carboxylic acids is 1. The Labute approximate surface area is 179 Å². The highest BCUT2D eigenvalue weighted by atomic mass is 127. The number of halogens is 1. The van der Waals surface area contributed by atoms with E-state index >= 15 is 0 Å². The summed E-state index contributed by atoms with van der Waals surface area (Å²) < 4.78 is 0. The van der Waals surface area contributed by atoms with Crippen LogP contribution in [0.4, 0.5) is 0 Å². The van der Waals surface area contributed by atoms with Gasteiger partial charge in [-0.3, -0.25) is 9.78 Å². The molecule has 2 N–H and O–H groups in total. The number of hydrogen-bond donors (Lipinski definition) is 2. The van der Waals surface area contributed by atoms with Crippen molar-refractivity contribution in [1.29, 1.82) is 0 Å². The molecule has 1 amide bonds. The van der Waals surface area contributed by atoms with E-state index in [0.29, 0.717) is 12.5 Å². The van der Waals surface area contributed by atoms with Gasteiger partial charge in [0.05, 0.1) is 12.2 Å². The van der Waals surface area contributed by atoms with Gasteiger partial charge in [-0.15, -0.1) is 24.0 Å². The molecule has 0 radical (unpaired) electrons. The van der Waals surface area contributed by atoms with Crippen molar-refractivity contribution in [3.8, 4) is 0 Å². The van der Waals surface area contributed by atoms with Gasteiger partial charge in [0.1, 0.15) is 0 Å². The first kappa shape index (κ1) is 21.9. The van der Waals surface area contributed by atoms with Crippen LogP contribution in [0.25, 0.3) is 0 Å². The minimum Gasteiger partial charge on any atom is -0.357 e. The predicted molar refractivity (Wildman–Crippen MR) is 119 cm³/mol. The maximum atomic E-state index is 12.7. The van der Waals surface area contributed by atoms with E-state index in [1.807, 2.05) is 18.2 Å². The second-order valence-electron chi connectivity index (χ2n) is 7.27. The number of guanidine groups is 1. The van der Waals surface area contributed by atoms with Crippen molar-refractivity contribution in [3.63, 3.8) is 0 Å². The van der Waals surface area contributed by atoms with Crippen molar-refractivity contribution in [3.05, 3.63) is 30.1 Å². The number of hydrogen-bond acceptors (Lipinski definition) is 3. The summed E-state index contributed by atoms with van der Waals surface area (Å²) in [6.07, 6.45) is 8.60. The molecule has 1 aliphatic heterocycles. The molecule has 1 unspecified atom stereocenters. The zero-order chi connectivity index (χ0) is 18.2. The van der Waals surface area contributed by atoms with Crippen LogP contribution < -0.4 is 10.6 Å². The molecule has 2 aliphatic rings. The highest BCUT2D eigenvalue weighted by molar-refractivity contribution is 14.0. The number of pyridine rings is 1. The quantitative estimate of drug-likeness (QED) is 0.383. The van der Waals surface area contributed by atoms with Gasteiger partial charge in [-0.2, -0.15) is 0 Å². The minimum absolute atomic E-state index is 0. The number of carbonyl (C=O) groups is 1. The van der Waals surface area contributed by atoms with Crippen LogP contribution >= 0.6 is 24.0 Å². The molecule has 2 fully saturated rings. The number of likely N-dealkylation sites (tertiary alicyclic amines) is 1. The van der Waals surface area contributed by atoms with Crippen LogP contribution in [0.5, 0.6) is 0 Å². The van der Waals surface area contributed by atoms with E-state index in [4.69, 9.17) is 0 Å². The summed E-state index contributed by atoms with van der Waals surface area (Å²) in [5.74, 6) is 1.42. The lowest BCUT2D eigenvalue weighted by atomic mass is 9.88. The van der Waals surface area contributed by atoms with Crippen molar-refractivity contribution in [2.45, 2.75) is 58.0 Å². The lowest BCUT2D eigenvalue weighted by Crippen LogP contribution is -2.45. The SMILES string of the molecule is CCNC(=NCc1ccccn1)NC1CCN(C(=O)C2CCCCC2)C1.I. The Hall–Kier alpha value is -1.38. The molecule has 3 rings (SSSR count). The smallest absolute Gasteiger partial charge is 0.225 e. The number of rotatable bonds is 5. The normalized spacial score (nSPS) is 20.9. The van der Waals surface area contributed by atoms with Crippen molar-refractivity contribution in [2.75, 3.05) is 19.6 Å². The summed E-state index contributed by atoms with van der Waals surface area (Å²) in [7, 11) is 0. The highest BCUT2D eigenvalue weighted by Gasteiger charge is 2.31. The summed E-state index contributed by atoms with van der Waals surface area (Å²) in [6.45, 7) is 5.06. The molecule has 1 atom stereocenters. The van der Waals surface area contributed by atoms with Crippen molar-refractivity contribution < 1.29 is 4.79 Å². The molecular weight excluding hydrogens is 453 g/mol. The van der Waals surface area contributed by atoms with E-state index in [9.17, 15) is 4.79 Å². The number of aliphatic imine (C=N–C) groups is 1. The van der Waals surface area contributed by atoms with E-state index in [1.165, 1.54) is 19.3 Å². The Bertz CT molecular complexity index is 604. The third-order valence-electron chi connectivity index (χ3n) is 5.26. The molecule has 0 bridgehead atoms. The van der Waals surface area contributed by atoms with E-state index < -0.39 is 0 Å². The molecule has 2 heterocycles. The average Bonchev–Trinajstić information content (AvgIpc) is 3.16. The molecule has 1 aliphatic carbocycles. The predicted octanol–water partition coefficient (Wildman–Crippen LogP) is 2.94. The van der Waals surface area contributed by atoms with Crippen LogP contribution in [0.3, 0.4) is 0 Å². The molecule has 1 saturated carbocycles. The number of nitrogens with one attached hydrogen (secondary N) is 2. The Morgan fingerprint density at radius 1 is 1.26 bits per heavy atom. The monoisotopic (exact) mass is 485 g/mol. The van der Waals surface area contributed by atoms with E-state index in [-0.39, 0.29) is 35.9 Å². The molecule has 7 heteroatoms. The van der Waals surface area contributed by atoms with Gasteiger partial charge in [0.2, 0.25) is 5.91 Å². The zero-order valence-corrected chi connectivity index (χ0v) is 18.5. The van der Waals surface area contributed by atoms with Crippen LogP contribution in [0.2, 0.25) is 0 Å². The fourth-order valence-electron chi connectivity index (χ4n) is 3.85. The van der Waals surface area contributed by atoms with Crippen molar-refractivity contribution in [1.82, 2.24) is 20.5 Å². The standard InChI is InChI=1S/C20H31N5O.HI/c1-2-21-20(23-14-17-10-6-7-12-22-17)24-18-11-13-25(15-18)19(26)16-8-4-3-5-9-16;/h6-7,10,12,16,18H,2-5,8-9,11,13-15H2,1H3,(H2,21,23,24);1H. The van der Waals surface area contributed by atoms with Crippen molar-refractivity contribution >= 4 is 35.8 Å². The second-order valence-corrected chi connectivity index (χ2v) is 7.27. The Morgan fingerprint density at radius 2 is 2.07 bits per heavy atom. The summed E-state index contributed by atoms with van der Waals surface area (Å²) >= 11 is 0. The Morgan fingerprint density at radius 3 is 2.78 bits per heavy atom. The highest BCUT2D eigenvalue weighted by Crippen LogP contribution is 2.26. The van der Waals surface area contributed by atoms with Crippen LogP contribution in [0.15, 0.2) is 29.4 Å². The van der Waals surface area contributed by atoms with Crippen LogP contribution in [0, 0.1) is 5.92 Å². The van der Waals surface area contributed by atoms with Crippen LogP contribution in [0.1, 0.15) is 51.1 Å². The average molecular weight is 485 g/mol. The summed E-state index contributed by atoms with van der Waals surface area (Å²) in [6, 6.07) is 6.13. The largest absolute Gasteiger partial charge is 0.357 e. The van der Waals surface area contributed by atoms with Gasteiger partial charge in [-0.25, -0.2) is 4.99 Å². The van der Waals surface area contributed by atoms with E-state index in [0.717, 1.165) is 50.6 Å². The first-order valence-corrected chi connectivity index (χ1v) is 10.00. The van der Waals surface area contributed by atoms with Gasteiger partial charge in [-0.05, 0) is 38.3 Å². The summed E-state index contributed by atoms with van der Waals surface area (Å²) in [4.78, 5) is 23.7. The Balaban J connectivity index is 0.00000261. The molecule has 1 aromatic heterocycles. The van der Waals surface area contributed by atoms with Gasteiger partial charge < -0.3 is 15.5 Å². The first-order chi connectivity index (χ1) is 12.8. The van der Waals surface area contributed by atoms with Gasteiger partial charge in [0, 0.05) is 37.8 Å². The molecule has 1 aromatic rings. The van der Waals surface area contributed by atoms with Crippen LogP contribution in [-0.4, -0.2) is 47.4 Å². The van der Waals surface area contributed by atoms with Gasteiger partial charge >= 0.3 is 0 Å². The zero-order valence-electron chi connectivity index (χ0n) is 16.2. The van der Waals surface area contributed by atoms with Gasteiger partial charge in [0.15, 0.2) is 5.96 Å². The summed E-state index contributed by atoms with van der Waals surface area (Å²) in [5, 5.41) is 6.79. The number of nitrogens with zero attached hydrogens (tertiary/aromatic N) is 3. The molecule has 150 valence electrons. The molecule has 1 saturated heterocycles. The maximum Gasteiger partial charge on any atom is 0.225 e. The fourth-order valence-corrected chi connectivity index (χ4v) is 3.85. The van der Waals surface area contributed by atoms with E-state index in [1.54, 1.807) is 6.20 Å². The third-order valence-corrected chi connectivity index (χ3v) is 5.26. The minimum atomic E-state index is 0. The van der Waals surface area contributed by atoms with E-state index in [2.05, 4.69) is 32.4 Å². The fraction of sp³-hybridized carbons (Fsp3) is 0.650. The third kappa shape index (κ3) is 6.62. The number of aromatic nitrogens is 1. The van der Waals surface area contributed by atoms with Crippen LogP contribution in [-0.2, 0) is 11.3 Å². The van der Waals surface area contributed by atoms with Gasteiger partial charge in [0.25, 0.3) is 0 Å². The van der Waals surface area contributed by atoms with Gasteiger partial charge in [-0.1, -0.05) is 25.3 Å². The first-order valence-electron chi connectivity index (χ1n) is 10.00. The second kappa shape index (κ2) is 11.5. The molecular formula is C20H32IN5O. The molecule has 0 aromatic carbocycles. The Kier molecular flexibility index (Phi) is 9.30. The lowest BCUT2D eigenvalue weighted by molar-refractivity contribution is -0.135. The molecule has 0 spiro atoms. The molecule has 6 nitrogen and oxygen atoms in total. The lowest BCUT2D eigenvalue weighted by Gasteiger charge is -2.26. The number of amides is 1. The summed E-state index contributed by atoms with van der Waals surface area (Å²) in [5.41, 5.74) is 0.949. The topological polar surface area (TPSA) is 69.6 Å².